The first-order valence-electron chi connectivity index (χ1n) is 19.1. The van der Waals surface area contributed by atoms with Crippen LogP contribution in [0.2, 0.25) is 0 Å². The van der Waals surface area contributed by atoms with Gasteiger partial charge in [0.05, 0.1) is 0 Å². The monoisotopic (exact) mass is 702 g/mol. The van der Waals surface area contributed by atoms with Gasteiger partial charge >= 0.3 is 0 Å². The van der Waals surface area contributed by atoms with Gasteiger partial charge < -0.3 is 8.83 Å². The molecule has 0 saturated heterocycles. The van der Waals surface area contributed by atoms with Crippen LogP contribution < -0.4 is 0 Å². The number of rotatable bonds is 3. The summed E-state index contributed by atoms with van der Waals surface area (Å²) in [5.74, 6) is 0. The van der Waals surface area contributed by atoms with Crippen LogP contribution in [0.25, 0.3) is 110 Å². The minimum absolute atomic E-state index is 0.0729. The number of hydrogen-bond acceptors (Lipinski definition) is 2. The van der Waals surface area contributed by atoms with Gasteiger partial charge in [0.15, 0.2) is 0 Å². The molecule has 2 nitrogen and oxygen atoms in total. The Morgan fingerprint density at radius 1 is 0.309 bits per heavy atom. The maximum Gasteiger partial charge on any atom is 0.135 e. The van der Waals surface area contributed by atoms with Crippen molar-refractivity contribution in [3.05, 3.63) is 181 Å². The quantitative estimate of drug-likeness (QED) is 0.171. The highest BCUT2D eigenvalue weighted by Gasteiger charge is 2.35. The zero-order valence-corrected chi connectivity index (χ0v) is 30.5. The van der Waals surface area contributed by atoms with Gasteiger partial charge in [0, 0.05) is 27.0 Å². The lowest BCUT2D eigenvalue weighted by Gasteiger charge is -2.23. The van der Waals surface area contributed by atoms with Crippen LogP contribution in [0.15, 0.2) is 179 Å². The molecule has 12 rings (SSSR count). The molecule has 2 heterocycles. The largest absolute Gasteiger partial charge is 0.456 e. The molecule has 2 heteroatoms. The van der Waals surface area contributed by atoms with E-state index in [0.717, 1.165) is 55.0 Å². The van der Waals surface area contributed by atoms with Crippen LogP contribution in [0.4, 0.5) is 0 Å². The molecular formula is C53H34O2. The normalized spacial score (nSPS) is 13.4. The van der Waals surface area contributed by atoms with Crippen molar-refractivity contribution in [1.29, 1.82) is 0 Å². The van der Waals surface area contributed by atoms with Crippen molar-refractivity contribution in [2.24, 2.45) is 0 Å². The third-order valence-corrected chi connectivity index (χ3v) is 12.3. The molecule has 1 aliphatic rings. The second kappa shape index (κ2) is 11.1. The van der Waals surface area contributed by atoms with E-state index in [1.165, 1.54) is 66.1 Å². The van der Waals surface area contributed by atoms with Gasteiger partial charge in [-0.05, 0) is 126 Å². The van der Waals surface area contributed by atoms with Crippen molar-refractivity contribution < 1.29 is 8.83 Å². The highest BCUT2D eigenvalue weighted by Crippen LogP contribution is 2.51. The molecule has 0 amide bonds. The SMILES string of the molecule is CC1(C)c2ccccc2-c2ccc(-c3c4ccccc4c(-c4ccc5oc6ccc(-c7ccc8oc9ccccc9c8c7)cc6c5c4)c4ccccc34)cc21. The van der Waals surface area contributed by atoms with Gasteiger partial charge in [0.1, 0.15) is 22.3 Å². The third kappa shape index (κ3) is 4.31. The number of fused-ring (bicyclic) bond motifs is 11. The molecule has 2 aromatic heterocycles. The molecule has 0 bridgehead atoms. The van der Waals surface area contributed by atoms with E-state index in [2.05, 4.69) is 172 Å². The Labute approximate surface area is 317 Å². The van der Waals surface area contributed by atoms with Crippen LogP contribution in [0.3, 0.4) is 0 Å². The summed E-state index contributed by atoms with van der Waals surface area (Å²) in [7, 11) is 0. The molecule has 0 atom stereocenters. The van der Waals surface area contributed by atoms with Gasteiger partial charge in [-0.1, -0.05) is 135 Å². The van der Waals surface area contributed by atoms with Crippen LogP contribution in [0.1, 0.15) is 25.0 Å². The highest BCUT2D eigenvalue weighted by atomic mass is 16.3. The van der Waals surface area contributed by atoms with E-state index in [9.17, 15) is 0 Å². The van der Waals surface area contributed by atoms with E-state index in [4.69, 9.17) is 8.83 Å². The highest BCUT2D eigenvalue weighted by molar-refractivity contribution is 6.22. The second-order valence-corrected chi connectivity index (χ2v) is 15.6. The van der Waals surface area contributed by atoms with Crippen molar-refractivity contribution >= 4 is 65.4 Å². The van der Waals surface area contributed by atoms with E-state index in [0.29, 0.717) is 0 Å². The topological polar surface area (TPSA) is 26.3 Å². The molecule has 1 aliphatic carbocycles. The second-order valence-electron chi connectivity index (χ2n) is 15.6. The first-order chi connectivity index (χ1) is 27.0. The van der Waals surface area contributed by atoms with Crippen molar-refractivity contribution in [2.45, 2.75) is 19.3 Å². The fraction of sp³-hybridized carbons (Fsp3) is 0.0566. The lowest BCUT2D eigenvalue weighted by Crippen LogP contribution is -2.14. The number of para-hydroxylation sites is 1. The smallest absolute Gasteiger partial charge is 0.135 e. The van der Waals surface area contributed by atoms with E-state index >= 15 is 0 Å². The maximum absolute atomic E-state index is 6.46. The number of hydrogen-bond donors (Lipinski definition) is 0. The maximum atomic E-state index is 6.46. The molecule has 0 fully saturated rings. The standard InChI is InChI=1S/C53H34O2/c1-53(2)45-17-9-7-11-35(45)36-23-19-34(30-46(36)53)52-40-15-5-3-13-38(40)51(39-14-4-6-16-41(39)52)33-22-26-50-44(29-33)43-28-32(21-25-49(43)55-50)31-20-24-48-42(27-31)37-12-8-10-18-47(37)54-48/h3-30H,1-2H3. The van der Waals surface area contributed by atoms with Gasteiger partial charge in [0.2, 0.25) is 0 Å². The minimum Gasteiger partial charge on any atom is -0.456 e. The van der Waals surface area contributed by atoms with Gasteiger partial charge in [-0.25, -0.2) is 0 Å². The third-order valence-electron chi connectivity index (χ3n) is 12.3. The molecule has 0 N–H and O–H groups in total. The average molecular weight is 703 g/mol. The lowest BCUT2D eigenvalue weighted by atomic mass is 9.80. The fourth-order valence-electron chi connectivity index (χ4n) is 9.63. The van der Waals surface area contributed by atoms with E-state index < -0.39 is 0 Å². The van der Waals surface area contributed by atoms with Crippen molar-refractivity contribution in [3.63, 3.8) is 0 Å². The zero-order valence-electron chi connectivity index (χ0n) is 30.5. The van der Waals surface area contributed by atoms with Crippen molar-refractivity contribution in [1.82, 2.24) is 0 Å². The molecule has 55 heavy (non-hydrogen) atoms. The molecule has 0 aliphatic heterocycles. The molecule has 9 aromatic carbocycles. The van der Waals surface area contributed by atoms with Crippen LogP contribution in [0, 0.1) is 0 Å². The molecule has 11 aromatic rings. The van der Waals surface area contributed by atoms with Gasteiger partial charge in [-0.15, -0.1) is 0 Å². The van der Waals surface area contributed by atoms with Crippen molar-refractivity contribution in [3.8, 4) is 44.5 Å². The van der Waals surface area contributed by atoms with Crippen molar-refractivity contribution in [2.75, 3.05) is 0 Å². The van der Waals surface area contributed by atoms with Gasteiger partial charge in [0.25, 0.3) is 0 Å². The molecule has 0 unspecified atom stereocenters. The molecule has 0 radical (unpaired) electrons. The summed E-state index contributed by atoms with van der Waals surface area (Å²) in [5.41, 5.74) is 16.2. The van der Waals surface area contributed by atoms with Gasteiger partial charge in [-0.3, -0.25) is 0 Å². The number of furan rings is 2. The molecule has 258 valence electrons. The Morgan fingerprint density at radius 3 is 1.31 bits per heavy atom. The molecule has 0 saturated carbocycles. The van der Waals surface area contributed by atoms with Gasteiger partial charge in [-0.2, -0.15) is 0 Å². The Kier molecular flexibility index (Phi) is 6.15. The first kappa shape index (κ1) is 30.6. The summed E-state index contributed by atoms with van der Waals surface area (Å²) in [6.07, 6.45) is 0. The van der Waals surface area contributed by atoms with Crippen LogP contribution in [0.5, 0.6) is 0 Å². The molecule has 0 spiro atoms. The summed E-state index contributed by atoms with van der Waals surface area (Å²) in [5, 5.41) is 9.48. The Balaban J connectivity index is 1.05. The Hall–Kier alpha value is -6.90. The average Bonchev–Trinajstić information content (AvgIpc) is 3.86. The number of benzene rings is 9. The minimum atomic E-state index is -0.0729. The lowest BCUT2D eigenvalue weighted by molar-refractivity contribution is 0.660. The predicted molar refractivity (Wildman–Crippen MR) is 230 cm³/mol. The summed E-state index contributed by atoms with van der Waals surface area (Å²) in [4.78, 5) is 0. The van der Waals surface area contributed by atoms with E-state index in [-0.39, 0.29) is 5.41 Å². The summed E-state index contributed by atoms with van der Waals surface area (Å²) >= 11 is 0. The summed E-state index contributed by atoms with van der Waals surface area (Å²) < 4.78 is 12.6. The fourth-order valence-corrected chi connectivity index (χ4v) is 9.63. The predicted octanol–water partition coefficient (Wildman–Crippen LogP) is 15.1. The summed E-state index contributed by atoms with van der Waals surface area (Å²) in [6.45, 7) is 4.72. The van der Waals surface area contributed by atoms with Crippen LogP contribution in [-0.4, -0.2) is 0 Å². The van der Waals surface area contributed by atoms with E-state index in [1.807, 2.05) is 12.1 Å². The van der Waals surface area contributed by atoms with Crippen LogP contribution in [-0.2, 0) is 5.41 Å². The Morgan fingerprint density at radius 2 is 0.709 bits per heavy atom. The first-order valence-corrected chi connectivity index (χ1v) is 19.1. The Bertz CT molecular complexity index is 3350. The zero-order chi connectivity index (χ0) is 36.4. The van der Waals surface area contributed by atoms with E-state index in [1.54, 1.807) is 0 Å². The summed E-state index contributed by atoms with van der Waals surface area (Å²) in [6, 6.07) is 61.9. The molecular weight excluding hydrogens is 669 g/mol. The van der Waals surface area contributed by atoms with Crippen LogP contribution >= 0.6 is 0 Å².